The van der Waals surface area contributed by atoms with Gasteiger partial charge in [0, 0.05) is 42.1 Å². The molecule has 2 aromatic rings. The van der Waals surface area contributed by atoms with Crippen LogP contribution in [0.1, 0.15) is 35.2 Å². The van der Waals surface area contributed by atoms with E-state index in [0.717, 1.165) is 38.9 Å². The van der Waals surface area contributed by atoms with Gasteiger partial charge in [-0.05, 0) is 46.8 Å². The first-order valence-corrected chi connectivity index (χ1v) is 11.1. The fraction of sp³-hybridized carbons (Fsp3) is 0.391. The van der Waals surface area contributed by atoms with Crippen molar-refractivity contribution >= 4 is 33.4 Å². The third-order valence-corrected chi connectivity index (χ3v) is 6.25. The number of carbonyl (C=O) groups is 2. The molecule has 1 aliphatic carbocycles. The van der Waals surface area contributed by atoms with E-state index in [0.29, 0.717) is 21.5 Å². The molecule has 0 aromatic heterocycles. The lowest BCUT2D eigenvalue weighted by molar-refractivity contribution is -0.117. The number of nitrogens with zero attached hydrogens (tertiary/aromatic N) is 1. The fourth-order valence-corrected chi connectivity index (χ4v) is 4.22. The number of benzene rings is 2. The predicted octanol–water partition coefficient (Wildman–Crippen LogP) is 3.81. The van der Waals surface area contributed by atoms with E-state index in [9.17, 15) is 9.59 Å². The zero-order valence-corrected chi connectivity index (χ0v) is 18.6. The first kappa shape index (κ1) is 20.9. The summed E-state index contributed by atoms with van der Waals surface area (Å²) in [7, 11) is 1.53. The Morgan fingerprint density at radius 1 is 1.17 bits per heavy atom. The number of halogens is 1. The Morgan fingerprint density at radius 2 is 1.93 bits per heavy atom. The van der Waals surface area contributed by atoms with E-state index in [1.165, 1.54) is 12.7 Å². The molecule has 1 saturated heterocycles. The number of ether oxygens (including phenoxy) is 1. The van der Waals surface area contributed by atoms with Gasteiger partial charge in [-0.3, -0.25) is 14.5 Å². The Hall–Kier alpha value is -2.38. The highest BCUT2D eigenvalue weighted by Gasteiger charge is 2.30. The van der Waals surface area contributed by atoms with Crippen molar-refractivity contribution in [3.8, 4) is 5.75 Å². The molecule has 30 heavy (non-hydrogen) atoms. The van der Waals surface area contributed by atoms with Gasteiger partial charge in [0.25, 0.3) is 5.91 Å². The second-order valence-corrected chi connectivity index (χ2v) is 8.83. The summed E-state index contributed by atoms with van der Waals surface area (Å²) in [6.07, 6.45) is 2.78. The van der Waals surface area contributed by atoms with Gasteiger partial charge in [-0.15, -0.1) is 0 Å². The maximum absolute atomic E-state index is 12.9. The molecule has 158 valence electrons. The Bertz CT molecular complexity index is 931. The van der Waals surface area contributed by atoms with Crippen molar-refractivity contribution in [3.05, 3.63) is 58.1 Å². The quantitative estimate of drug-likeness (QED) is 0.643. The number of amides is 2. The van der Waals surface area contributed by atoms with Gasteiger partial charge in [-0.1, -0.05) is 30.3 Å². The molecule has 7 heteroatoms. The van der Waals surface area contributed by atoms with E-state index in [2.05, 4.69) is 43.6 Å². The topological polar surface area (TPSA) is 70.7 Å². The molecule has 0 radical (unpaired) electrons. The number of carbonyl (C=O) groups excluding carboxylic acids is 2. The maximum Gasteiger partial charge on any atom is 0.255 e. The van der Waals surface area contributed by atoms with Crippen LogP contribution in [0.5, 0.6) is 5.75 Å². The largest absolute Gasteiger partial charge is 0.496 e. The van der Waals surface area contributed by atoms with Crippen LogP contribution in [0.2, 0.25) is 0 Å². The minimum Gasteiger partial charge on any atom is -0.496 e. The van der Waals surface area contributed by atoms with Crippen molar-refractivity contribution in [2.75, 3.05) is 25.5 Å². The van der Waals surface area contributed by atoms with Crippen LogP contribution >= 0.6 is 15.9 Å². The van der Waals surface area contributed by atoms with Crippen molar-refractivity contribution in [1.29, 1.82) is 0 Å². The Morgan fingerprint density at radius 3 is 2.63 bits per heavy atom. The van der Waals surface area contributed by atoms with E-state index in [-0.39, 0.29) is 23.8 Å². The highest BCUT2D eigenvalue weighted by atomic mass is 79.9. The number of nitrogens with one attached hydrogen (secondary N) is 2. The van der Waals surface area contributed by atoms with Gasteiger partial charge < -0.3 is 15.4 Å². The molecule has 0 unspecified atom stereocenters. The molecule has 0 spiro atoms. The molecule has 2 amide bonds. The summed E-state index contributed by atoms with van der Waals surface area (Å²) >= 11 is 3.48. The average Bonchev–Trinajstić information content (AvgIpc) is 3.51. The van der Waals surface area contributed by atoms with Crippen LogP contribution in [0.4, 0.5) is 5.69 Å². The number of anilines is 1. The molecule has 4 rings (SSSR count). The van der Waals surface area contributed by atoms with Crippen LogP contribution in [-0.4, -0.2) is 43.0 Å². The summed E-state index contributed by atoms with van der Waals surface area (Å²) in [4.78, 5) is 27.4. The van der Waals surface area contributed by atoms with Crippen LogP contribution in [0, 0.1) is 5.92 Å². The van der Waals surface area contributed by atoms with E-state index >= 15 is 0 Å². The van der Waals surface area contributed by atoms with E-state index < -0.39 is 0 Å². The Balaban J connectivity index is 1.39. The van der Waals surface area contributed by atoms with Gasteiger partial charge in [0.1, 0.15) is 5.75 Å². The third kappa shape index (κ3) is 5.02. The van der Waals surface area contributed by atoms with Gasteiger partial charge in [0.05, 0.1) is 18.4 Å². The number of hydrogen-bond acceptors (Lipinski definition) is 4. The zero-order chi connectivity index (χ0) is 21.1. The molecular weight excluding hydrogens is 446 g/mol. The minimum atomic E-state index is -0.167. The van der Waals surface area contributed by atoms with Crippen LogP contribution in [0.25, 0.3) is 0 Å². The highest BCUT2D eigenvalue weighted by molar-refractivity contribution is 9.10. The second kappa shape index (κ2) is 9.18. The van der Waals surface area contributed by atoms with Crippen LogP contribution in [0.15, 0.2) is 46.9 Å². The minimum absolute atomic E-state index is 0.0133. The number of hydrogen-bond donors (Lipinski definition) is 2. The van der Waals surface area contributed by atoms with Crippen molar-refractivity contribution in [2.45, 2.75) is 31.8 Å². The zero-order valence-electron chi connectivity index (χ0n) is 17.0. The van der Waals surface area contributed by atoms with Crippen LogP contribution < -0.4 is 15.4 Å². The smallest absolute Gasteiger partial charge is 0.255 e. The maximum atomic E-state index is 12.9. The SMILES string of the molecule is COc1cc(NC(=O)C2CC2)c(Br)cc1C(=O)N[C@H]1CCN(Cc2ccccc2)C1. The molecule has 2 N–H and O–H groups in total. The molecule has 1 heterocycles. The number of methoxy groups -OCH3 is 1. The summed E-state index contributed by atoms with van der Waals surface area (Å²) in [5.74, 6) is 0.395. The molecule has 1 saturated carbocycles. The molecule has 2 fully saturated rings. The molecule has 2 aromatic carbocycles. The normalized spacial score (nSPS) is 18.8. The van der Waals surface area contributed by atoms with E-state index in [1.807, 2.05) is 18.2 Å². The lowest BCUT2D eigenvalue weighted by Gasteiger charge is -2.18. The lowest BCUT2D eigenvalue weighted by atomic mass is 10.1. The fourth-order valence-electron chi connectivity index (χ4n) is 3.77. The summed E-state index contributed by atoms with van der Waals surface area (Å²) < 4.78 is 6.11. The van der Waals surface area contributed by atoms with Crippen LogP contribution in [0.3, 0.4) is 0 Å². The lowest BCUT2D eigenvalue weighted by Crippen LogP contribution is -2.37. The van der Waals surface area contributed by atoms with Gasteiger partial charge in [0.15, 0.2) is 0 Å². The molecule has 2 aliphatic rings. The Kier molecular flexibility index (Phi) is 6.39. The highest BCUT2D eigenvalue weighted by Crippen LogP contribution is 2.35. The molecule has 6 nitrogen and oxygen atoms in total. The van der Waals surface area contributed by atoms with Crippen LogP contribution in [-0.2, 0) is 11.3 Å². The van der Waals surface area contributed by atoms with Gasteiger partial charge in [-0.2, -0.15) is 0 Å². The van der Waals surface area contributed by atoms with Crippen molar-refractivity contribution in [1.82, 2.24) is 10.2 Å². The second-order valence-electron chi connectivity index (χ2n) is 7.98. The molecule has 0 bridgehead atoms. The predicted molar refractivity (Wildman–Crippen MR) is 120 cm³/mol. The van der Waals surface area contributed by atoms with Crippen molar-refractivity contribution in [3.63, 3.8) is 0 Å². The standard InChI is InChI=1S/C23H26BrN3O3/c1-30-21-12-20(26-22(28)16-7-8-16)19(24)11-18(21)23(29)25-17-9-10-27(14-17)13-15-5-3-2-4-6-15/h2-6,11-12,16-17H,7-10,13-14H2,1H3,(H,25,29)(H,26,28)/t17-/m0/s1. The molecular formula is C23H26BrN3O3. The third-order valence-electron chi connectivity index (χ3n) is 5.60. The van der Waals surface area contributed by atoms with Crippen molar-refractivity contribution < 1.29 is 14.3 Å². The molecule has 1 aliphatic heterocycles. The van der Waals surface area contributed by atoms with E-state index in [1.54, 1.807) is 12.1 Å². The first-order chi connectivity index (χ1) is 14.5. The summed E-state index contributed by atoms with van der Waals surface area (Å²) in [5.41, 5.74) is 2.35. The first-order valence-electron chi connectivity index (χ1n) is 10.3. The Labute approximate surface area is 185 Å². The number of rotatable bonds is 7. The van der Waals surface area contributed by atoms with E-state index in [4.69, 9.17) is 4.74 Å². The van der Waals surface area contributed by atoms with Gasteiger partial charge >= 0.3 is 0 Å². The summed E-state index contributed by atoms with van der Waals surface area (Å²) in [6, 6.07) is 13.9. The average molecular weight is 472 g/mol. The van der Waals surface area contributed by atoms with Crippen molar-refractivity contribution in [2.24, 2.45) is 5.92 Å². The van der Waals surface area contributed by atoms with Gasteiger partial charge in [-0.25, -0.2) is 0 Å². The molecule has 1 atom stereocenters. The van der Waals surface area contributed by atoms with Gasteiger partial charge in [0.2, 0.25) is 5.91 Å². The summed E-state index contributed by atoms with van der Waals surface area (Å²) in [5, 5.41) is 6.04. The number of likely N-dealkylation sites (tertiary alicyclic amines) is 1. The monoisotopic (exact) mass is 471 g/mol. The summed E-state index contributed by atoms with van der Waals surface area (Å²) in [6.45, 7) is 2.66.